The van der Waals surface area contributed by atoms with Crippen LogP contribution < -0.4 is 4.90 Å². The van der Waals surface area contributed by atoms with E-state index in [9.17, 15) is 19.5 Å². The van der Waals surface area contributed by atoms with Crippen LogP contribution in [0.1, 0.15) is 6.42 Å². The SMILES string of the molecule is O=C1OCC=C[C@@H]2S[C@]34C=CCN(c5ccc6ccccc6c5)C(=O)C3N(CCCO)C(=O)[C@@H]4[C@H]12. The first kappa shape index (κ1) is 22.4. The van der Waals surface area contributed by atoms with Crippen molar-refractivity contribution in [2.24, 2.45) is 11.8 Å². The number of fused-ring (bicyclic) bond motifs is 3. The number of thioether (sulfide) groups is 1. The summed E-state index contributed by atoms with van der Waals surface area (Å²) >= 11 is 1.52. The quantitative estimate of drug-likeness (QED) is 0.524. The van der Waals surface area contributed by atoms with Gasteiger partial charge in [0.15, 0.2) is 0 Å². The second-order valence-corrected chi connectivity index (χ2v) is 10.9. The van der Waals surface area contributed by atoms with Crippen molar-refractivity contribution >= 4 is 46.0 Å². The number of ether oxygens (including phenoxy) is 1. The van der Waals surface area contributed by atoms with Crippen LogP contribution in [0.2, 0.25) is 0 Å². The monoisotopic (exact) mass is 490 g/mol. The third-order valence-electron chi connectivity index (χ3n) is 7.52. The molecule has 0 radical (unpaired) electrons. The Bertz CT molecular complexity index is 1280. The molecule has 2 aromatic rings. The predicted octanol–water partition coefficient (Wildman–Crippen LogP) is 2.54. The van der Waals surface area contributed by atoms with Crippen LogP contribution in [0.3, 0.4) is 0 Å². The van der Waals surface area contributed by atoms with Crippen LogP contribution in [0.15, 0.2) is 66.8 Å². The topological polar surface area (TPSA) is 87.2 Å². The van der Waals surface area contributed by atoms with Gasteiger partial charge in [-0.15, -0.1) is 11.8 Å². The third-order valence-corrected chi connectivity index (χ3v) is 9.26. The first-order chi connectivity index (χ1) is 17.0. The fraction of sp³-hybridized carbons (Fsp3) is 0.370. The number of benzene rings is 2. The Hall–Kier alpha value is -3.10. The first-order valence-corrected chi connectivity index (χ1v) is 12.8. The molecule has 1 unspecified atom stereocenters. The van der Waals surface area contributed by atoms with Gasteiger partial charge in [-0.05, 0) is 29.3 Å². The average molecular weight is 491 g/mol. The molecule has 0 bridgehead atoms. The molecule has 0 aromatic heterocycles. The lowest BCUT2D eigenvalue weighted by Crippen LogP contribution is -2.53. The number of nitrogens with zero attached hydrogens (tertiary/aromatic N) is 2. The number of cyclic esters (lactones) is 1. The summed E-state index contributed by atoms with van der Waals surface area (Å²) in [4.78, 5) is 44.4. The molecule has 4 aliphatic heterocycles. The van der Waals surface area contributed by atoms with Crippen molar-refractivity contribution in [1.29, 1.82) is 0 Å². The van der Waals surface area contributed by atoms with Gasteiger partial charge in [0.05, 0.1) is 16.6 Å². The van der Waals surface area contributed by atoms with Crippen molar-refractivity contribution < 1.29 is 24.2 Å². The van der Waals surface area contributed by atoms with E-state index in [1.54, 1.807) is 9.80 Å². The van der Waals surface area contributed by atoms with Gasteiger partial charge in [-0.1, -0.05) is 54.6 Å². The molecule has 6 rings (SSSR count). The van der Waals surface area contributed by atoms with E-state index in [-0.39, 0.29) is 42.8 Å². The Balaban J connectivity index is 1.45. The number of aliphatic hydroxyl groups excluding tert-OH is 1. The van der Waals surface area contributed by atoms with Crippen molar-refractivity contribution in [1.82, 2.24) is 4.90 Å². The molecule has 180 valence electrons. The summed E-state index contributed by atoms with van der Waals surface area (Å²) < 4.78 is 4.52. The van der Waals surface area contributed by atoms with Gasteiger partial charge in [0.2, 0.25) is 5.91 Å². The molecule has 1 spiro atoms. The van der Waals surface area contributed by atoms with E-state index in [1.807, 2.05) is 66.8 Å². The van der Waals surface area contributed by atoms with Crippen LogP contribution in [0, 0.1) is 11.8 Å². The third kappa shape index (κ3) is 3.34. The number of anilines is 1. The highest BCUT2D eigenvalue weighted by atomic mass is 32.2. The summed E-state index contributed by atoms with van der Waals surface area (Å²) in [5.74, 6) is -2.10. The van der Waals surface area contributed by atoms with Gasteiger partial charge < -0.3 is 19.6 Å². The minimum Gasteiger partial charge on any atom is -0.461 e. The molecule has 2 saturated heterocycles. The molecule has 4 heterocycles. The highest BCUT2D eigenvalue weighted by Crippen LogP contribution is 2.61. The van der Waals surface area contributed by atoms with Gasteiger partial charge in [-0.2, -0.15) is 0 Å². The molecule has 4 aliphatic rings. The average Bonchev–Trinajstić information content (AvgIpc) is 3.16. The summed E-state index contributed by atoms with van der Waals surface area (Å²) in [6.07, 6.45) is 8.07. The molecule has 0 saturated carbocycles. The smallest absolute Gasteiger partial charge is 0.311 e. The largest absolute Gasteiger partial charge is 0.461 e. The van der Waals surface area contributed by atoms with Gasteiger partial charge in [0, 0.05) is 30.6 Å². The molecule has 8 heteroatoms. The van der Waals surface area contributed by atoms with E-state index in [1.165, 1.54) is 11.8 Å². The number of hydrogen-bond acceptors (Lipinski definition) is 6. The van der Waals surface area contributed by atoms with Gasteiger partial charge in [0.25, 0.3) is 5.91 Å². The maximum atomic E-state index is 14.3. The Kier molecular flexibility index (Phi) is 5.45. The van der Waals surface area contributed by atoms with E-state index in [2.05, 4.69) is 0 Å². The summed E-state index contributed by atoms with van der Waals surface area (Å²) in [7, 11) is 0. The Labute approximate surface area is 207 Å². The van der Waals surface area contributed by atoms with E-state index >= 15 is 0 Å². The Morgan fingerprint density at radius 1 is 1.06 bits per heavy atom. The summed E-state index contributed by atoms with van der Waals surface area (Å²) in [5, 5.41) is 11.4. The predicted molar refractivity (Wildman–Crippen MR) is 134 cm³/mol. The Morgan fingerprint density at radius 2 is 1.89 bits per heavy atom. The molecule has 5 atom stereocenters. The van der Waals surface area contributed by atoms with E-state index in [0.29, 0.717) is 13.0 Å². The lowest BCUT2D eigenvalue weighted by atomic mass is 9.78. The lowest BCUT2D eigenvalue weighted by molar-refractivity contribution is -0.151. The molecule has 7 nitrogen and oxygen atoms in total. The maximum absolute atomic E-state index is 14.3. The fourth-order valence-corrected chi connectivity index (χ4v) is 8.03. The molecule has 2 fully saturated rings. The van der Waals surface area contributed by atoms with E-state index in [0.717, 1.165) is 16.5 Å². The highest BCUT2D eigenvalue weighted by Gasteiger charge is 2.71. The van der Waals surface area contributed by atoms with Gasteiger partial charge in [-0.3, -0.25) is 14.4 Å². The fourth-order valence-electron chi connectivity index (χ4n) is 6.03. The standard InChI is InChI=1S/C27H26N2O5S/c30-14-5-13-29-23-25(32)28(19-10-9-17-6-1-2-7-18(17)16-19)12-4-11-27(23)22(24(29)31)21-20(35-27)8-3-15-34-26(21)33/h1-4,6-11,16,20-23,30H,5,12-15H2/t20-,21+,22-,23?,27-/m0/s1. The number of hydrogen-bond donors (Lipinski definition) is 1. The van der Waals surface area contributed by atoms with Gasteiger partial charge in [0.1, 0.15) is 12.6 Å². The van der Waals surface area contributed by atoms with Crippen molar-refractivity contribution in [3.05, 3.63) is 66.8 Å². The molecular weight excluding hydrogens is 464 g/mol. The number of rotatable bonds is 4. The van der Waals surface area contributed by atoms with E-state index < -0.39 is 22.6 Å². The minimum atomic E-state index is -0.870. The molecule has 0 aliphatic carbocycles. The van der Waals surface area contributed by atoms with Crippen LogP contribution >= 0.6 is 11.8 Å². The number of esters is 1. The number of likely N-dealkylation sites (tertiary alicyclic amines) is 1. The normalized spacial score (nSPS) is 31.7. The van der Waals surface area contributed by atoms with Crippen LogP contribution in [0.25, 0.3) is 10.8 Å². The van der Waals surface area contributed by atoms with Crippen molar-refractivity contribution in [2.45, 2.75) is 22.5 Å². The second-order valence-electron chi connectivity index (χ2n) is 9.39. The lowest BCUT2D eigenvalue weighted by Gasteiger charge is -2.35. The number of amides is 2. The zero-order chi connectivity index (χ0) is 24.2. The zero-order valence-corrected chi connectivity index (χ0v) is 19.9. The number of carbonyl (C=O) groups is 3. The zero-order valence-electron chi connectivity index (χ0n) is 19.1. The van der Waals surface area contributed by atoms with Crippen molar-refractivity contribution in [3.63, 3.8) is 0 Å². The number of carbonyl (C=O) groups excluding carboxylic acids is 3. The van der Waals surface area contributed by atoms with Gasteiger partial charge >= 0.3 is 5.97 Å². The van der Waals surface area contributed by atoms with Crippen molar-refractivity contribution in [3.8, 4) is 0 Å². The summed E-state index contributed by atoms with van der Waals surface area (Å²) in [5.41, 5.74) is 0.768. The van der Waals surface area contributed by atoms with E-state index in [4.69, 9.17) is 4.74 Å². The van der Waals surface area contributed by atoms with Gasteiger partial charge in [-0.25, -0.2) is 0 Å². The molecule has 2 aromatic carbocycles. The van der Waals surface area contributed by atoms with Crippen molar-refractivity contribution in [2.75, 3.05) is 31.2 Å². The minimum absolute atomic E-state index is 0.0867. The molecule has 35 heavy (non-hydrogen) atoms. The number of aliphatic hydroxyl groups is 1. The molecular formula is C27H26N2O5S. The summed E-state index contributed by atoms with van der Waals surface area (Å²) in [6.45, 7) is 0.742. The van der Waals surface area contributed by atoms with Crippen LogP contribution in [-0.4, -0.2) is 70.1 Å². The summed E-state index contributed by atoms with van der Waals surface area (Å²) in [6, 6.07) is 13.1. The Morgan fingerprint density at radius 3 is 2.71 bits per heavy atom. The molecule has 1 N–H and O–H groups in total. The van der Waals surface area contributed by atoms with Crippen LogP contribution in [0.5, 0.6) is 0 Å². The molecule has 2 amide bonds. The highest BCUT2D eigenvalue weighted by molar-refractivity contribution is 8.02. The van der Waals surface area contributed by atoms with Crippen LogP contribution in [-0.2, 0) is 19.1 Å². The maximum Gasteiger partial charge on any atom is 0.311 e. The first-order valence-electron chi connectivity index (χ1n) is 12.0. The van der Waals surface area contributed by atoms with Crippen LogP contribution in [0.4, 0.5) is 5.69 Å². The second kappa shape index (κ2) is 8.53.